The van der Waals surface area contributed by atoms with Gasteiger partial charge in [0.1, 0.15) is 48.8 Å². The maximum atomic E-state index is 15.4. The van der Waals surface area contributed by atoms with E-state index in [1.807, 2.05) is 0 Å². The minimum Gasteiger partial charge on any atom is -0.458 e. The summed E-state index contributed by atoms with van der Waals surface area (Å²) in [6, 6.07) is 15.0. The van der Waals surface area contributed by atoms with Crippen LogP contribution in [-0.2, 0) is 57.0 Å². The van der Waals surface area contributed by atoms with Crippen LogP contribution in [0.3, 0.4) is 0 Å². The lowest BCUT2D eigenvalue weighted by Gasteiger charge is -2.68. The molecule has 2 aromatic carbocycles. The van der Waals surface area contributed by atoms with E-state index >= 15 is 9.59 Å². The third-order valence-electron chi connectivity index (χ3n) is 18.0. The number of hydrogen-bond acceptors (Lipinski definition) is 17. The van der Waals surface area contributed by atoms with Crippen LogP contribution in [0.5, 0.6) is 0 Å². The highest BCUT2D eigenvalue weighted by molar-refractivity contribution is 5.94. The average molecular weight is 1170 g/mol. The highest BCUT2D eigenvalue weighted by Crippen LogP contribution is 2.67. The second-order valence-electron chi connectivity index (χ2n) is 25.3. The molecule has 13 atom stereocenters. The van der Waals surface area contributed by atoms with E-state index in [4.69, 9.17) is 42.6 Å². The van der Waals surface area contributed by atoms with Crippen molar-refractivity contribution in [3.63, 3.8) is 0 Å². The van der Waals surface area contributed by atoms with Crippen molar-refractivity contribution < 1.29 is 81.6 Å². The molecule has 5 aliphatic rings. The molecule has 462 valence electrons. The molecular weight excluding hydrogens is 1080 g/mol. The quantitative estimate of drug-likeness (QED) is 0.0362. The van der Waals surface area contributed by atoms with E-state index in [9.17, 15) is 29.4 Å². The number of rotatable bonds is 25. The Morgan fingerprint density at radius 1 is 0.833 bits per heavy atom. The van der Waals surface area contributed by atoms with Gasteiger partial charge in [-0.05, 0) is 114 Å². The van der Waals surface area contributed by atoms with Gasteiger partial charge in [0.05, 0.1) is 36.2 Å². The van der Waals surface area contributed by atoms with Gasteiger partial charge in [0.15, 0.2) is 17.7 Å². The first-order valence-electron chi connectivity index (χ1n) is 30.2. The first-order chi connectivity index (χ1) is 39.9. The number of nitrogens with one attached hydrogen (secondary N) is 1. The van der Waals surface area contributed by atoms with Crippen molar-refractivity contribution in [2.24, 2.45) is 22.2 Å². The molecule has 2 saturated heterocycles. The fourth-order valence-corrected chi connectivity index (χ4v) is 13.1. The number of unbranched alkanes of at least 4 members (excludes halogenated alkanes) is 8. The van der Waals surface area contributed by atoms with Crippen LogP contribution in [0.15, 0.2) is 96.1 Å². The number of ketones is 1. The molecule has 4 fully saturated rings. The number of allylic oxidation sites excluding steroid dienone is 4. The van der Waals surface area contributed by atoms with Gasteiger partial charge in [0.2, 0.25) is 6.10 Å². The highest BCUT2D eigenvalue weighted by atomic mass is 16.8. The molecule has 0 radical (unpaired) electrons. The molecule has 18 heteroatoms. The van der Waals surface area contributed by atoms with Crippen molar-refractivity contribution in [2.45, 2.75) is 225 Å². The van der Waals surface area contributed by atoms with Crippen LogP contribution in [0.2, 0.25) is 0 Å². The molecule has 2 bridgehead atoms. The van der Waals surface area contributed by atoms with Crippen molar-refractivity contribution >= 4 is 35.9 Å². The second kappa shape index (κ2) is 28.5. The number of benzene rings is 2. The largest absolute Gasteiger partial charge is 0.509 e. The molecule has 2 aliphatic heterocycles. The van der Waals surface area contributed by atoms with Gasteiger partial charge in [-0.1, -0.05) is 139 Å². The predicted molar refractivity (Wildman–Crippen MR) is 311 cm³/mol. The van der Waals surface area contributed by atoms with E-state index in [-0.39, 0.29) is 49.4 Å². The van der Waals surface area contributed by atoms with Crippen LogP contribution in [0.4, 0.5) is 9.59 Å². The molecule has 2 unspecified atom stereocenters. The molecule has 18 nitrogen and oxygen atoms in total. The Morgan fingerprint density at radius 2 is 1.48 bits per heavy atom. The number of alkyl carbamates (subject to hydrolysis) is 1. The van der Waals surface area contributed by atoms with E-state index in [2.05, 4.69) is 36.5 Å². The molecule has 0 spiro atoms. The maximum absolute atomic E-state index is 15.4. The SMILES string of the molecule is CCCC/C=C\C/C=C\CCCCCCCCC1OCC(COC(=O)O[C@@H](C(=O)O[C@H]2C[C@@]3(C)[C@@H](OC(=O)c4ccccc4)[C@@H]4[C@]5(OC(C)=O)CO[C@@H]5C[C@H](O)[C@@]4(C)C(=O)[C@H](O)C(=C2C)C3(C)C)[C@@H](NC(=O)OC(C)(C)C)c2ccccc2)O1. The van der Waals surface area contributed by atoms with Gasteiger partial charge >= 0.3 is 30.2 Å². The number of esters is 3. The van der Waals surface area contributed by atoms with E-state index in [0.29, 0.717) is 12.0 Å². The summed E-state index contributed by atoms with van der Waals surface area (Å²) in [7, 11) is 0. The molecule has 3 N–H and O–H groups in total. The average Bonchev–Trinajstić information content (AvgIpc) is 0.713. The molecule has 84 heavy (non-hydrogen) atoms. The number of aliphatic hydroxyl groups is 2. The lowest BCUT2D eigenvalue weighted by atomic mass is 9.42. The summed E-state index contributed by atoms with van der Waals surface area (Å²) in [6.45, 7) is 16.5. The zero-order valence-corrected chi connectivity index (χ0v) is 50.9. The summed E-state index contributed by atoms with van der Waals surface area (Å²) >= 11 is 0. The van der Waals surface area contributed by atoms with Crippen LogP contribution in [0.1, 0.15) is 181 Å². The number of Topliss-reactive ketones (excluding diaryl/α,β-unsaturated/α-hetero) is 1. The first kappa shape index (κ1) is 65.6. The van der Waals surface area contributed by atoms with Gasteiger partial charge in [-0.3, -0.25) is 9.59 Å². The van der Waals surface area contributed by atoms with Crippen LogP contribution < -0.4 is 5.32 Å². The molecule has 7 rings (SSSR count). The van der Waals surface area contributed by atoms with Crippen LogP contribution in [0, 0.1) is 22.2 Å². The van der Waals surface area contributed by atoms with Crippen molar-refractivity contribution in [3.05, 3.63) is 107 Å². The number of hydrogen-bond donors (Lipinski definition) is 3. The summed E-state index contributed by atoms with van der Waals surface area (Å²) in [5.74, 6) is -4.85. The van der Waals surface area contributed by atoms with E-state index in [1.54, 1.807) is 109 Å². The Labute approximate surface area is 495 Å². The number of ether oxygens (including phenoxy) is 9. The lowest BCUT2D eigenvalue weighted by molar-refractivity contribution is -0.340. The summed E-state index contributed by atoms with van der Waals surface area (Å²) in [5, 5.41) is 27.5. The fraction of sp³-hybridized carbons (Fsp3) is 0.636. The van der Waals surface area contributed by atoms with Crippen LogP contribution >= 0.6 is 0 Å². The lowest BCUT2D eigenvalue weighted by Crippen LogP contribution is -2.80. The molecule has 1 amide bonds. The third kappa shape index (κ3) is 15.0. The minimum atomic E-state index is -1.97. The second-order valence-corrected chi connectivity index (χ2v) is 25.3. The van der Waals surface area contributed by atoms with Crippen molar-refractivity contribution in [2.75, 3.05) is 19.8 Å². The highest BCUT2D eigenvalue weighted by Gasteiger charge is 2.77. The van der Waals surface area contributed by atoms with Gasteiger partial charge in [0.25, 0.3) is 0 Å². The number of aliphatic hydroxyl groups excluding tert-OH is 2. The fourth-order valence-electron chi connectivity index (χ4n) is 13.1. The Bertz CT molecular complexity index is 2680. The smallest absolute Gasteiger partial charge is 0.458 e. The van der Waals surface area contributed by atoms with Crippen LogP contribution in [-0.4, -0.2) is 126 Å². The van der Waals surface area contributed by atoms with E-state index in [0.717, 1.165) is 51.4 Å². The Morgan fingerprint density at radius 3 is 2.11 bits per heavy atom. The maximum Gasteiger partial charge on any atom is 0.509 e. The molecule has 2 aromatic rings. The Kier molecular flexibility index (Phi) is 22.3. The topological polar surface area (TPSA) is 238 Å². The summed E-state index contributed by atoms with van der Waals surface area (Å²) in [5.41, 5.74) is -6.40. The van der Waals surface area contributed by atoms with Crippen LogP contribution in [0.25, 0.3) is 0 Å². The van der Waals surface area contributed by atoms with Crippen molar-refractivity contribution in [1.82, 2.24) is 5.32 Å². The monoisotopic (exact) mass is 1170 g/mol. The van der Waals surface area contributed by atoms with E-state index < -0.39 is 124 Å². The van der Waals surface area contributed by atoms with Gasteiger partial charge in [-0.2, -0.15) is 0 Å². The predicted octanol–water partition coefficient (Wildman–Crippen LogP) is 11.3. The standard InChI is InChI=1S/C66H91NO17/c1-11-12-13-14-15-16-17-18-19-20-21-22-23-24-31-36-50-76-39-46(79-50)40-77-61(75)81-54(52(44-32-27-25-28-33-44)67-60(74)84-62(4,5)6)59(73)80-47-38-64(9)57(82-58(72)45-34-29-26-30-35-45)55-65(10,56(71)53(70)51(42(47)2)63(64,7)8)48(69)37-49-66(55,41-78-49)83-43(3)68/h14-15,17-18,25-30,32-35,46-50,52-55,57,69-70H,11-13,16,19-24,31,36-41H2,1-10H3,(H,67,74)/b15-14-,18-17-/t46?,47-,48-,49+,50?,52-,53+,54+,55-,57-,64-,65+,66-/m0/s1. The van der Waals surface area contributed by atoms with Gasteiger partial charge in [0, 0.05) is 18.8 Å². The number of amides is 1. The molecule has 2 saturated carbocycles. The number of carbonyl (C=O) groups excluding carboxylic acids is 6. The molecule has 0 aromatic heterocycles. The van der Waals surface area contributed by atoms with Gasteiger partial charge in [-0.15, -0.1) is 0 Å². The normalized spacial score (nSPS) is 29.7. The molecule has 3 aliphatic carbocycles. The minimum absolute atomic E-state index is 0.136. The molecular formula is C66H91NO17. The van der Waals surface area contributed by atoms with Crippen molar-refractivity contribution in [3.8, 4) is 0 Å². The van der Waals surface area contributed by atoms with Crippen molar-refractivity contribution in [1.29, 1.82) is 0 Å². The Hall–Kier alpha value is -5.92. The summed E-state index contributed by atoms with van der Waals surface area (Å²) in [6.07, 6.45) is 9.10. The summed E-state index contributed by atoms with van der Waals surface area (Å²) in [4.78, 5) is 86.3. The first-order valence-corrected chi connectivity index (χ1v) is 30.2. The Balaban J connectivity index is 1.12. The van der Waals surface area contributed by atoms with Gasteiger partial charge < -0.3 is 58.2 Å². The molecule has 2 heterocycles. The van der Waals surface area contributed by atoms with Gasteiger partial charge in [-0.25, -0.2) is 19.2 Å². The zero-order valence-electron chi connectivity index (χ0n) is 50.9. The van der Waals surface area contributed by atoms with E-state index in [1.165, 1.54) is 33.1 Å². The summed E-state index contributed by atoms with van der Waals surface area (Å²) < 4.78 is 54.6. The third-order valence-corrected chi connectivity index (χ3v) is 18.0. The zero-order chi connectivity index (χ0) is 61.0. The number of carbonyl (C=O) groups is 6. The number of fused-ring (bicyclic) bond motifs is 5.